The number of ether oxygens (including phenoxy) is 1. The van der Waals surface area contributed by atoms with Gasteiger partial charge in [0.2, 0.25) is 0 Å². The molecule has 2 unspecified atom stereocenters. The van der Waals surface area contributed by atoms with Gasteiger partial charge in [-0.2, -0.15) is 0 Å². The fraction of sp³-hybridized carbons (Fsp3) is 1.00. The largest absolute Gasteiger partial charge is 0.392 e. The van der Waals surface area contributed by atoms with Crippen LogP contribution in [0.1, 0.15) is 32.6 Å². The van der Waals surface area contributed by atoms with Gasteiger partial charge >= 0.3 is 0 Å². The van der Waals surface area contributed by atoms with Gasteiger partial charge in [-0.3, -0.25) is 4.90 Å². The first-order valence-corrected chi connectivity index (χ1v) is 6.31. The van der Waals surface area contributed by atoms with E-state index >= 15 is 0 Å². The molecule has 2 fully saturated rings. The highest BCUT2D eigenvalue weighted by Crippen LogP contribution is 2.33. The predicted molar refractivity (Wildman–Crippen MR) is 59.8 cm³/mol. The summed E-state index contributed by atoms with van der Waals surface area (Å²) in [5, 5.41) is 9.87. The second-order valence-electron chi connectivity index (χ2n) is 4.88. The van der Waals surface area contributed by atoms with Crippen LogP contribution in [0.2, 0.25) is 0 Å². The maximum absolute atomic E-state index is 9.87. The van der Waals surface area contributed by atoms with E-state index in [0.29, 0.717) is 12.0 Å². The van der Waals surface area contributed by atoms with E-state index in [2.05, 4.69) is 11.8 Å². The molecule has 2 atom stereocenters. The Bertz CT molecular complexity index is 192. The summed E-state index contributed by atoms with van der Waals surface area (Å²) in [6.45, 7) is 5.86. The summed E-state index contributed by atoms with van der Waals surface area (Å²) < 4.78 is 5.65. The molecular weight excluding hydrogens is 190 g/mol. The van der Waals surface area contributed by atoms with Crippen molar-refractivity contribution in [2.75, 3.05) is 26.2 Å². The summed E-state index contributed by atoms with van der Waals surface area (Å²) >= 11 is 0. The van der Waals surface area contributed by atoms with Crippen molar-refractivity contribution in [3.63, 3.8) is 0 Å². The number of aliphatic hydroxyl groups excluding tert-OH is 1. The molecule has 0 aromatic carbocycles. The highest BCUT2D eigenvalue weighted by molar-refractivity contribution is 4.84. The van der Waals surface area contributed by atoms with Crippen LogP contribution in [0.3, 0.4) is 0 Å². The van der Waals surface area contributed by atoms with Crippen LogP contribution in [-0.4, -0.2) is 48.5 Å². The van der Waals surface area contributed by atoms with Crippen molar-refractivity contribution in [3.8, 4) is 0 Å². The highest BCUT2D eigenvalue weighted by Gasteiger charge is 2.32. The van der Waals surface area contributed by atoms with Crippen molar-refractivity contribution in [2.45, 2.75) is 44.8 Å². The normalized spacial score (nSPS) is 30.4. The first kappa shape index (κ1) is 11.4. The third-order valence-corrected chi connectivity index (χ3v) is 3.48. The summed E-state index contributed by atoms with van der Waals surface area (Å²) in [5.41, 5.74) is 0. The Morgan fingerprint density at radius 3 is 2.87 bits per heavy atom. The molecule has 0 spiro atoms. The molecule has 2 rings (SSSR count). The molecule has 0 aromatic heterocycles. The van der Waals surface area contributed by atoms with E-state index in [1.807, 2.05) is 0 Å². The van der Waals surface area contributed by atoms with Gasteiger partial charge in [-0.1, -0.05) is 0 Å². The van der Waals surface area contributed by atoms with Gasteiger partial charge in [-0.15, -0.1) is 0 Å². The molecule has 3 nitrogen and oxygen atoms in total. The number of piperidine rings is 1. The number of hydrogen-bond acceptors (Lipinski definition) is 3. The molecule has 0 radical (unpaired) electrons. The quantitative estimate of drug-likeness (QED) is 0.746. The van der Waals surface area contributed by atoms with E-state index < -0.39 is 0 Å². The van der Waals surface area contributed by atoms with Crippen molar-refractivity contribution in [1.82, 2.24) is 4.90 Å². The molecule has 1 heterocycles. The highest BCUT2D eigenvalue weighted by atomic mass is 16.5. The van der Waals surface area contributed by atoms with Gasteiger partial charge in [-0.05, 0) is 45.1 Å². The minimum absolute atomic E-state index is 0.0922. The number of likely N-dealkylation sites (tertiary alicyclic amines) is 1. The second kappa shape index (κ2) is 5.28. The molecule has 1 saturated carbocycles. The Morgan fingerprint density at radius 2 is 2.20 bits per heavy atom. The smallest absolute Gasteiger partial charge is 0.0702 e. The van der Waals surface area contributed by atoms with E-state index in [4.69, 9.17) is 4.74 Å². The summed E-state index contributed by atoms with van der Waals surface area (Å²) in [6, 6.07) is 0. The minimum Gasteiger partial charge on any atom is -0.392 e. The molecule has 15 heavy (non-hydrogen) atoms. The Balaban J connectivity index is 1.71. The van der Waals surface area contributed by atoms with Gasteiger partial charge in [0.25, 0.3) is 0 Å². The zero-order chi connectivity index (χ0) is 10.7. The molecule has 0 bridgehead atoms. The maximum Gasteiger partial charge on any atom is 0.0702 e. The molecule has 1 aliphatic heterocycles. The number of aliphatic hydroxyl groups is 1. The van der Waals surface area contributed by atoms with Crippen LogP contribution in [0.25, 0.3) is 0 Å². The van der Waals surface area contributed by atoms with Crippen LogP contribution in [0.15, 0.2) is 0 Å². The predicted octanol–water partition coefficient (Wildman–Crippen LogP) is 1.26. The molecule has 3 heteroatoms. The number of rotatable bonds is 5. The Morgan fingerprint density at radius 1 is 1.40 bits per heavy atom. The topological polar surface area (TPSA) is 32.7 Å². The Hall–Kier alpha value is -0.120. The van der Waals surface area contributed by atoms with Gasteiger partial charge in [0.1, 0.15) is 0 Å². The molecular formula is C12H23NO2. The molecule has 0 aromatic rings. The van der Waals surface area contributed by atoms with Crippen LogP contribution in [0.4, 0.5) is 0 Å². The van der Waals surface area contributed by atoms with Crippen molar-refractivity contribution < 1.29 is 9.84 Å². The van der Waals surface area contributed by atoms with Crippen LogP contribution < -0.4 is 0 Å². The number of β-amino-alcohol motifs (C(OH)–C–C–N with tert-alkyl or cyclic N) is 1. The van der Waals surface area contributed by atoms with Gasteiger partial charge in [0.15, 0.2) is 0 Å². The zero-order valence-corrected chi connectivity index (χ0v) is 9.69. The Kier molecular flexibility index (Phi) is 4.00. The zero-order valence-electron chi connectivity index (χ0n) is 9.69. The molecule has 1 saturated heterocycles. The SMILES string of the molecule is CCOC1CCCN(CC(O)C2CC2)C1. The summed E-state index contributed by atoms with van der Waals surface area (Å²) in [6.07, 6.45) is 5.15. The average molecular weight is 213 g/mol. The summed E-state index contributed by atoms with van der Waals surface area (Å²) in [5.74, 6) is 0.595. The van der Waals surface area contributed by atoms with E-state index in [-0.39, 0.29) is 6.10 Å². The third-order valence-electron chi connectivity index (χ3n) is 3.48. The van der Waals surface area contributed by atoms with E-state index in [1.165, 1.54) is 25.7 Å². The third kappa shape index (κ3) is 3.44. The van der Waals surface area contributed by atoms with Gasteiger partial charge < -0.3 is 9.84 Å². The maximum atomic E-state index is 9.87. The van der Waals surface area contributed by atoms with Crippen molar-refractivity contribution >= 4 is 0 Å². The van der Waals surface area contributed by atoms with E-state index in [9.17, 15) is 5.11 Å². The minimum atomic E-state index is -0.0922. The lowest BCUT2D eigenvalue weighted by Crippen LogP contribution is -2.43. The first-order chi connectivity index (χ1) is 7.29. The van der Waals surface area contributed by atoms with Gasteiger partial charge in [0, 0.05) is 19.7 Å². The molecule has 88 valence electrons. The fourth-order valence-electron chi connectivity index (χ4n) is 2.45. The number of nitrogens with zero attached hydrogens (tertiary/aromatic N) is 1. The molecule has 1 aliphatic carbocycles. The summed E-state index contributed by atoms with van der Waals surface area (Å²) in [7, 11) is 0. The van der Waals surface area contributed by atoms with E-state index in [0.717, 1.165) is 26.2 Å². The van der Waals surface area contributed by atoms with Crippen molar-refractivity contribution in [1.29, 1.82) is 0 Å². The first-order valence-electron chi connectivity index (χ1n) is 6.31. The molecule has 1 N–H and O–H groups in total. The van der Waals surface area contributed by atoms with Gasteiger partial charge in [0.05, 0.1) is 12.2 Å². The molecule has 2 aliphatic rings. The monoisotopic (exact) mass is 213 g/mol. The molecule has 0 amide bonds. The second-order valence-corrected chi connectivity index (χ2v) is 4.88. The standard InChI is InChI=1S/C12H23NO2/c1-2-15-11-4-3-7-13(8-11)9-12(14)10-5-6-10/h10-12,14H,2-9H2,1H3. The van der Waals surface area contributed by atoms with Crippen LogP contribution in [0.5, 0.6) is 0 Å². The van der Waals surface area contributed by atoms with Crippen LogP contribution in [0, 0.1) is 5.92 Å². The lowest BCUT2D eigenvalue weighted by atomic mass is 10.1. The van der Waals surface area contributed by atoms with Crippen molar-refractivity contribution in [2.24, 2.45) is 5.92 Å². The fourth-order valence-corrected chi connectivity index (χ4v) is 2.45. The lowest BCUT2D eigenvalue weighted by Gasteiger charge is -2.33. The van der Waals surface area contributed by atoms with E-state index in [1.54, 1.807) is 0 Å². The van der Waals surface area contributed by atoms with Crippen LogP contribution >= 0.6 is 0 Å². The lowest BCUT2D eigenvalue weighted by molar-refractivity contribution is -0.00923. The van der Waals surface area contributed by atoms with Gasteiger partial charge in [-0.25, -0.2) is 0 Å². The number of hydrogen-bond donors (Lipinski definition) is 1. The van der Waals surface area contributed by atoms with Crippen molar-refractivity contribution in [3.05, 3.63) is 0 Å². The summed E-state index contributed by atoms with van der Waals surface area (Å²) in [4.78, 5) is 2.37. The van der Waals surface area contributed by atoms with Crippen LogP contribution in [-0.2, 0) is 4.74 Å². The Labute approximate surface area is 92.4 Å². The average Bonchev–Trinajstić information content (AvgIpc) is 3.01.